The molecular weight excluding hydrogens is 320 g/mol. The van der Waals surface area contributed by atoms with Gasteiger partial charge < -0.3 is 9.47 Å². The van der Waals surface area contributed by atoms with Crippen LogP contribution in [-0.2, 0) is 22.7 Å². The fraction of sp³-hybridized carbons (Fsp3) is 0.333. The first-order valence-corrected chi connectivity index (χ1v) is 9.53. The lowest BCUT2D eigenvalue weighted by Gasteiger charge is -2.18. The predicted octanol–water partition coefficient (Wildman–Crippen LogP) is 5.85. The minimum Gasteiger partial charge on any atom is -0.376 e. The monoisotopic (exact) mass is 348 g/mol. The molecule has 0 aliphatic heterocycles. The second-order valence-electron chi connectivity index (χ2n) is 6.61. The molecule has 0 unspecified atom stereocenters. The van der Waals surface area contributed by atoms with Crippen molar-refractivity contribution in [3.8, 4) is 0 Å². The smallest absolute Gasteiger partial charge is 0.0717 e. The molecule has 0 amide bonds. The van der Waals surface area contributed by atoms with Gasteiger partial charge in [0.25, 0.3) is 0 Å². The predicted molar refractivity (Wildman–Crippen MR) is 107 cm³/mol. The minimum absolute atomic E-state index is 0.687. The summed E-state index contributed by atoms with van der Waals surface area (Å²) in [6.45, 7) is 2.90. The van der Waals surface area contributed by atoms with E-state index in [1.807, 2.05) is 12.1 Å². The summed E-state index contributed by atoms with van der Waals surface area (Å²) in [5.74, 6) is 0. The third-order valence-electron chi connectivity index (χ3n) is 4.61. The van der Waals surface area contributed by atoms with Crippen LogP contribution < -0.4 is 0 Å². The standard InChI is InChI=1S/C24H28O2/c1-3-9-21(10-4-1)19-25-17-8-15-24(23-13-7-14-23)16-18-26-20-22-11-5-2-6-12-22/h1-6,9-13,15H,7-8,14,16-20H2/b24-15-. The molecule has 0 N–H and O–H groups in total. The van der Waals surface area contributed by atoms with E-state index in [-0.39, 0.29) is 0 Å². The van der Waals surface area contributed by atoms with E-state index >= 15 is 0 Å². The summed E-state index contributed by atoms with van der Waals surface area (Å²) >= 11 is 0. The van der Waals surface area contributed by atoms with Gasteiger partial charge in [-0.2, -0.15) is 0 Å². The molecule has 0 saturated heterocycles. The summed E-state index contributed by atoms with van der Waals surface area (Å²) in [6.07, 6.45) is 9.03. The van der Waals surface area contributed by atoms with Gasteiger partial charge >= 0.3 is 0 Å². The van der Waals surface area contributed by atoms with E-state index in [9.17, 15) is 0 Å². The molecule has 2 nitrogen and oxygen atoms in total. The van der Waals surface area contributed by atoms with Gasteiger partial charge in [-0.15, -0.1) is 0 Å². The van der Waals surface area contributed by atoms with Crippen LogP contribution in [0.4, 0.5) is 0 Å². The van der Waals surface area contributed by atoms with E-state index in [4.69, 9.17) is 9.47 Å². The van der Waals surface area contributed by atoms with Crippen LogP contribution in [0.2, 0.25) is 0 Å². The average molecular weight is 348 g/mol. The lowest BCUT2D eigenvalue weighted by molar-refractivity contribution is 0.122. The fourth-order valence-electron chi connectivity index (χ4n) is 3.00. The van der Waals surface area contributed by atoms with E-state index in [0.29, 0.717) is 13.2 Å². The van der Waals surface area contributed by atoms with Crippen LogP contribution in [0.1, 0.15) is 36.8 Å². The largest absolute Gasteiger partial charge is 0.376 e. The van der Waals surface area contributed by atoms with Gasteiger partial charge in [0.1, 0.15) is 0 Å². The van der Waals surface area contributed by atoms with Crippen LogP contribution in [0.5, 0.6) is 0 Å². The van der Waals surface area contributed by atoms with Crippen LogP contribution in [0.15, 0.2) is 84.0 Å². The fourth-order valence-corrected chi connectivity index (χ4v) is 3.00. The quantitative estimate of drug-likeness (QED) is 0.474. The Kier molecular flexibility index (Phi) is 7.70. The lowest BCUT2D eigenvalue weighted by Crippen LogP contribution is -2.04. The van der Waals surface area contributed by atoms with Crippen molar-refractivity contribution < 1.29 is 9.47 Å². The van der Waals surface area contributed by atoms with Gasteiger partial charge in [-0.05, 0) is 48.0 Å². The second kappa shape index (κ2) is 10.7. The molecule has 0 aromatic heterocycles. The highest BCUT2D eigenvalue weighted by Crippen LogP contribution is 2.28. The summed E-state index contributed by atoms with van der Waals surface area (Å²) in [4.78, 5) is 0. The maximum absolute atomic E-state index is 5.85. The summed E-state index contributed by atoms with van der Waals surface area (Å²) in [7, 11) is 0. The molecule has 0 heterocycles. The van der Waals surface area contributed by atoms with Crippen molar-refractivity contribution in [2.75, 3.05) is 13.2 Å². The van der Waals surface area contributed by atoms with Crippen molar-refractivity contribution in [2.45, 2.75) is 38.9 Å². The van der Waals surface area contributed by atoms with Crippen molar-refractivity contribution in [1.82, 2.24) is 0 Å². The van der Waals surface area contributed by atoms with Crippen molar-refractivity contribution in [3.63, 3.8) is 0 Å². The summed E-state index contributed by atoms with van der Waals surface area (Å²) < 4.78 is 11.6. The molecule has 2 aromatic rings. The SMILES string of the molecule is C1=C(/C(=C\CCOCc2ccccc2)CCOCc2ccccc2)CC1. The third kappa shape index (κ3) is 6.29. The first-order valence-electron chi connectivity index (χ1n) is 9.53. The van der Waals surface area contributed by atoms with Crippen molar-refractivity contribution in [2.24, 2.45) is 0 Å². The third-order valence-corrected chi connectivity index (χ3v) is 4.61. The molecule has 0 bridgehead atoms. The highest BCUT2D eigenvalue weighted by Gasteiger charge is 2.11. The zero-order valence-corrected chi connectivity index (χ0v) is 15.4. The maximum Gasteiger partial charge on any atom is 0.0717 e. The van der Waals surface area contributed by atoms with Crippen LogP contribution >= 0.6 is 0 Å². The number of ether oxygens (including phenoxy) is 2. The van der Waals surface area contributed by atoms with Crippen LogP contribution in [0, 0.1) is 0 Å². The molecule has 3 rings (SSSR count). The molecule has 0 spiro atoms. The molecule has 136 valence electrons. The first kappa shape index (κ1) is 18.6. The molecule has 2 aromatic carbocycles. The minimum atomic E-state index is 0.687. The number of hydrogen-bond acceptors (Lipinski definition) is 2. The Labute approximate surface area is 157 Å². The Morgan fingerprint density at radius 3 is 1.92 bits per heavy atom. The highest BCUT2D eigenvalue weighted by molar-refractivity contribution is 5.35. The average Bonchev–Trinajstić information content (AvgIpc) is 2.65. The number of rotatable bonds is 11. The Morgan fingerprint density at radius 1 is 0.808 bits per heavy atom. The molecule has 1 aliphatic rings. The van der Waals surface area contributed by atoms with Crippen molar-refractivity contribution in [1.29, 1.82) is 0 Å². The number of allylic oxidation sites excluding steroid dienone is 2. The zero-order valence-electron chi connectivity index (χ0n) is 15.4. The van der Waals surface area contributed by atoms with Gasteiger partial charge in [0, 0.05) is 0 Å². The summed E-state index contributed by atoms with van der Waals surface area (Å²) in [5, 5.41) is 0. The normalized spacial score (nSPS) is 14.0. The molecule has 0 saturated carbocycles. The molecule has 1 aliphatic carbocycles. The number of hydrogen-bond donors (Lipinski definition) is 0. The molecule has 0 atom stereocenters. The van der Waals surface area contributed by atoms with Crippen LogP contribution in [0.3, 0.4) is 0 Å². The van der Waals surface area contributed by atoms with Gasteiger partial charge in [-0.1, -0.05) is 72.8 Å². The molecule has 0 fully saturated rings. The van der Waals surface area contributed by atoms with Crippen molar-refractivity contribution >= 4 is 0 Å². The Bertz CT molecular complexity index is 702. The second-order valence-corrected chi connectivity index (χ2v) is 6.61. The van der Waals surface area contributed by atoms with Gasteiger partial charge in [0.15, 0.2) is 0 Å². The van der Waals surface area contributed by atoms with Gasteiger partial charge in [-0.3, -0.25) is 0 Å². The molecular formula is C24H28O2. The van der Waals surface area contributed by atoms with Crippen LogP contribution in [-0.4, -0.2) is 13.2 Å². The van der Waals surface area contributed by atoms with E-state index in [1.54, 1.807) is 0 Å². The highest BCUT2D eigenvalue weighted by atomic mass is 16.5. The van der Waals surface area contributed by atoms with E-state index in [2.05, 4.69) is 60.7 Å². The van der Waals surface area contributed by atoms with Crippen molar-refractivity contribution in [3.05, 3.63) is 95.1 Å². The van der Waals surface area contributed by atoms with Gasteiger partial charge in [0.05, 0.1) is 26.4 Å². The Hall–Kier alpha value is -2.16. The zero-order chi connectivity index (χ0) is 17.9. The van der Waals surface area contributed by atoms with E-state index in [0.717, 1.165) is 26.1 Å². The summed E-state index contributed by atoms with van der Waals surface area (Å²) in [5.41, 5.74) is 5.40. The Morgan fingerprint density at radius 2 is 1.38 bits per heavy atom. The number of benzene rings is 2. The molecule has 2 heteroatoms. The molecule has 26 heavy (non-hydrogen) atoms. The topological polar surface area (TPSA) is 18.5 Å². The Balaban J connectivity index is 1.37. The van der Waals surface area contributed by atoms with Gasteiger partial charge in [0.2, 0.25) is 0 Å². The first-order chi connectivity index (χ1) is 12.9. The maximum atomic E-state index is 5.85. The molecule has 0 radical (unpaired) electrons. The summed E-state index contributed by atoms with van der Waals surface area (Å²) in [6, 6.07) is 20.7. The van der Waals surface area contributed by atoms with E-state index < -0.39 is 0 Å². The lowest BCUT2D eigenvalue weighted by atomic mass is 9.89. The van der Waals surface area contributed by atoms with Gasteiger partial charge in [-0.25, -0.2) is 0 Å². The van der Waals surface area contributed by atoms with E-state index in [1.165, 1.54) is 35.1 Å². The van der Waals surface area contributed by atoms with Crippen LogP contribution in [0.25, 0.3) is 0 Å².